The highest BCUT2D eigenvalue weighted by molar-refractivity contribution is 7.92. The second-order valence-corrected chi connectivity index (χ2v) is 9.44. The van der Waals surface area contributed by atoms with Crippen molar-refractivity contribution in [2.75, 3.05) is 12.3 Å². The van der Waals surface area contributed by atoms with Crippen molar-refractivity contribution in [3.63, 3.8) is 0 Å². The van der Waals surface area contributed by atoms with E-state index in [1.807, 2.05) is 0 Å². The van der Waals surface area contributed by atoms with Crippen molar-refractivity contribution in [1.29, 1.82) is 0 Å². The van der Waals surface area contributed by atoms with Crippen LogP contribution in [0, 0.1) is 11.8 Å². The van der Waals surface area contributed by atoms with E-state index in [0.29, 0.717) is 23.6 Å². The maximum atomic E-state index is 12.1. The van der Waals surface area contributed by atoms with Crippen molar-refractivity contribution in [3.05, 3.63) is 0 Å². The van der Waals surface area contributed by atoms with E-state index in [9.17, 15) is 8.42 Å². The Morgan fingerprint density at radius 1 is 1.22 bits per heavy atom. The molecule has 1 fully saturated rings. The van der Waals surface area contributed by atoms with Crippen LogP contribution in [0.1, 0.15) is 53.9 Å². The number of hydrogen-bond donors (Lipinski definition) is 1. The van der Waals surface area contributed by atoms with Gasteiger partial charge in [0, 0.05) is 6.04 Å². The fourth-order valence-corrected chi connectivity index (χ4v) is 4.04. The van der Waals surface area contributed by atoms with Crippen molar-refractivity contribution in [2.24, 2.45) is 11.8 Å². The number of rotatable bonds is 5. The van der Waals surface area contributed by atoms with Crippen molar-refractivity contribution in [3.8, 4) is 0 Å². The van der Waals surface area contributed by atoms with E-state index in [-0.39, 0.29) is 0 Å². The third kappa shape index (κ3) is 3.70. The lowest BCUT2D eigenvalue weighted by molar-refractivity contribution is 0.349. The SMILES string of the molecule is CCNC1CCC(CCS(=O)(=O)C(C)(C)C)C1C. The van der Waals surface area contributed by atoms with Gasteiger partial charge in [-0.3, -0.25) is 0 Å². The van der Waals surface area contributed by atoms with Gasteiger partial charge in [0.15, 0.2) is 9.84 Å². The first-order valence-corrected chi connectivity index (χ1v) is 8.80. The molecule has 3 nitrogen and oxygen atoms in total. The molecule has 0 aromatic carbocycles. The third-order valence-electron chi connectivity index (χ3n) is 4.38. The zero-order chi connectivity index (χ0) is 14.0. The van der Waals surface area contributed by atoms with Gasteiger partial charge in [-0.15, -0.1) is 0 Å². The van der Waals surface area contributed by atoms with Gasteiger partial charge in [-0.25, -0.2) is 8.42 Å². The van der Waals surface area contributed by atoms with E-state index in [4.69, 9.17) is 0 Å². The summed E-state index contributed by atoms with van der Waals surface area (Å²) in [7, 11) is -2.96. The van der Waals surface area contributed by atoms with Crippen LogP contribution in [0.3, 0.4) is 0 Å². The van der Waals surface area contributed by atoms with Gasteiger partial charge >= 0.3 is 0 Å². The van der Waals surface area contributed by atoms with Crippen molar-refractivity contribution in [2.45, 2.75) is 64.7 Å². The van der Waals surface area contributed by atoms with Crippen LogP contribution in [-0.4, -0.2) is 31.5 Å². The Morgan fingerprint density at radius 3 is 2.33 bits per heavy atom. The summed E-state index contributed by atoms with van der Waals surface area (Å²) in [5.41, 5.74) is 0. The molecule has 0 bridgehead atoms. The van der Waals surface area contributed by atoms with E-state index in [1.165, 1.54) is 12.8 Å². The molecular weight excluding hydrogens is 246 g/mol. The van der Waals surface area contributed by atoms with Crippen molar-refractivity contribution >= 4 is 9.84 Å². The highest BCUT2D eigenvalue weighted by atomic mass is 32.2. The smallest absolute Gasteiger partial charge is 0.155 e. The molecule has 0 aromatic rings. The van der Waals surface area contributed by atoms with Crippen molar-refractivity contribution < 1.29 is 8.42 Å². The van der Waals surface area contributed by atoms with Crippen LogP contribution in [0.15, 0.2) is 0 Å². The van der Waals surface area contributed by atoms with Crippen molar-refractivity contribution in [1.82, 2.24) is 5.32 Å². The lowest BCUT2D eigenvalue weighted by atomic mass is 9.93. The highest BCUT2D eigenvalue weighted by Crippen LogP contribution is 2.35. The maximum absolute atomic E-state index is 12.1. The first-order chi connectivity index (χ1) is 8.19. The molecule has 0 aliphatic heterocycles. The lowest BCUT2D eigenvalue weighted by Crippen LogP contribution is -2.34. The van der Waals surface area contributed by atoms with E-state index in [1.54, 1.807) is 20.8 Å². The second kappa shape index (κ2) is 5.91. The average molecular weight is 275 g/mol. The molecule has 1 rings (SSSR count). The molecule has 18 heavy (non-hydrogen) atoms. The summed E-state index contributed by atoms with van der Waals surface area (Å²) in [5, 5.41) is 3.50. The van der Waals surface area contributed by atoms with Gasteiger partial charge in [0.1, 0.15) is 0 Å². The minimum Gasteiger partial charge on any atom is -0.314 e. The van der Waals surface area contributed by atoms with Gasteiger partial charge in [-0.2, -0.15) is 0 Å². The summed E-state index contributed by atoms with van der Waals surface area (Å²) >= 11 is 0. The average Bonchev–Trinajstić information content (AvgIpc) is 2.57. The fourth-order valence-electron chi connectivity index (χ4n) is 2.82. The topological polar surface area (TPSA) is 46.2 Å². The maximum Gasteiger partial charge on any atom is 0.155 e. The van der Waals surface area contributed by atoms with Crippen LogP contribution in [0.25, 0.3) is 0 Å². The Balaban J connectivity index is 2.51. The molecule has 0 radical (unpaired) electrons. The number of sulfone groups is 1. The molecule has 1 aliphatic carbocycles. The predicted octanol–water partition coefficient (Wildman–Crippen LogP) is 2.61. The Morgan fingerprint density at radius 2 is 1.83 bits per heavy atom. The fraction of sp³-hybridized carbons (Fsp3) is 1.00. The van der Waals surface area contributed by atoms with Crippen LogP contribution < -0.4 is 5.32 Å². The van der Waals surface area contributed by atoms with E-state index in [2.05, 4.69) is 19.2 Å². The van der Waals surface area contributed by atoms with Crippen LogP contribution in [0.2, 0.25) is 0 Å². The van der Waals surface area contributed by atoms with Gasteiger partial charge in [0.2, 0.25) is 0 Å². The Bertz CT molecular complexity index is 356. The number of hydrogen-bond acceptors (Lipinski definition) is 3. The monoisotopic (exact) mass is 275 g/mol. The molecule has 1 aliphatic rings. The molecule has 0 saturated heterocycles. The molecule has 0 amide bonds. The quantitative estimate of drug-likeness (QED) is 0.839. The molecule has 0 aromatic heterocycles. The van der Waals surface area contributed by atoms with Crippen LogP contribution in [-0.2, 0) is 9.84 Å². The van der Waals surface area contributed by atoms with Gasteiger partial charge < -0.3 is 5.32 Å². The van der Waals surface area contributed by atoms with Gasteiger partial charge in [0.05, 0.1) is 10.5 Å². The standard InChI is InChI=1S/C14H29NO2S/c1-6-15-13-8-7-12(11(13)2)9-10-18(16,17)14(3,4)5/h11-13,15H,6-10H2,1-5H3. The third-order valence-corrected chi connectivity index (χ3v) is 7.02. The normalized spacial score (nSPS) is 29.7. The van der Waals surface area contributed by atoms with E-state index < -0.39 is 14.6 Å². The summed E-state index contributed by atoms with van der Waals surface area (Å²) in [6.07, 6.45) is 3.18. The largest absolute Gasteiger partial charge is 0.314 e. The Kier molecular flexibility index (Phi) is 5.24. The zero-order valence-electron chi connectivity index (χ0n) is 12.5. The predicted molar refractivity (Wildman–Crippen MR) is 77.5 cm³/mol. The number of nitrogens with one attached hydrogen (secondary N) is 1. The lowest BCUT2D eigenvalue weighted by Gasteiger charge is -2.24. The van der Waals surface area contributed by atoms with Gasteiger partial charge in [-0.1, -0.05) is 13.8 Å². The van der Waals surface area contributed by atoms with E-state index >= 15 is 0 Å². The summed E-state index contributed by atoms with van der Waals surface area (Å²) in [4.78, 5) is 0. The summed E-state index contributed by atoms with van der Waals surface area (Å²) in [5.74, 6) is 1.50. The van der Waals surface area contributed by atoms with Crippen LogP contribution in [0.4, 0.5) is 0 Å². The first kappa shape index (κ1) is 16.0. The molecule has 3 atom stereocenters. The van der Waals surface area contributed by atoms with Crippen LogP contribution in [0.5, 0.6) is 0 Å². The van der Waals surface area contributed by atoms with Gasteiger partial charge in [0.25, 0.3) is 0 Å². The first-order valence-electron chi connectivity index (χ1n) is 7.14. The molecule has 0 heterocycles. The van der Waals surface area contributed by atoms with Crippen LogP contribution >= 0.6 is 0 Å². The molecule has 3 unspecified atom stereocenters. The minimum atomic E-state index is -2.96. The molecule has 0 spiro atoms. The summed E-state index contributed by atoms with van der Waals surface area (Å²) in [6.45, 7) is 10.8. The minimum absolute atomic E-state index is 0.338. The molecule has 4 heteroatoms. The second-order valence-electron chi connectivity index (χ2n) is 6.58. The highest BCUT2D eigenvalue weighted by Gasteiger charge is 2.35. The van der Waals surface area contributed by atoms with E-state index in [0.717, 1.165) is 13.0 Å². The Hall–Kier alpha value is -0.0900. The summed E-state index contributed by atoms with van der Waals surface area (Å²) < 4.78 is 23.6. The molecule has 1 N–H and O–H groups in total. The molecule has 1 saturated carbocycles. The molecular formula is C14H29NO2S. The molecule has 108 valence electrons. The Labute approximate surface area is 113 Å². The summed E-state index contributed by atoms with van der Waals surface area (Å²) in [6, 6.07) is 0.581. The van der Waals surface area contributed by atoms with Gasteiger partial charge in [-0.05, 0) is 58.4 Å². The zero-order valence-corrected chi connectivity index (χ0v) is 13.3.